The molecule has 2 rings (SSSR count). The van der Waals surface area contributed by atoms with Crippen LogP contribution in [0.15, 0.2) is 0 Å². The molecule has 0 bridgehead atoms. The van der Waals surface area contributed by atoms with Crippen LogP contribution in [0.25, 0.3) is 0 Å². The SMILES string of the molecule is CC(C)(C)OC(=O)NCC1CCC(C(=O)O)CC1.CC(C)(C)OC(=O)NCC1CCC(C(N)=O)CC1. The molecule has 0 saturated heterocycles. The Morgan fingerprint density at radius 2 is 1.03 bits per heavy atom. The minimum absolute atomic E-state index is 0.0165. The lowest BCUT2D eigenvalue weighted by molar-refractivity contribution is -0.143. The van der Waals surface area contributed by atoms with E-state index in [0.29, 0.717) is 37.8 Å². The van der Waals surface area contributed by atoms with Crippen LogP contribution < -0.4 is 16.4 Å². The Morgan fingerprint density at radius 1 is 0.694 bits per heavy atom. The fourth-order valence-electron chi connectivity index (χ4n) is 4.35. The maximum Gasteiger partial charge on any atom is 0.407 e. The second kappa shape index (κ2) is 14.3. The van der Waals surface area contributed by atoms with Gasteiger partial charge in [-0.3, -0.25) is 9.59 Å². The van der Waals surface area contributed by atoms with Crippen LogP contribution in [0.1, 0.15) is 92.9 Å². The summed E-state index contributed by atoms with van der Waals surface area (Å²) < 4.78 is 10.3. The van der Waals surface area contributed by atoms with Crippen LogP contribution in [0.5, 0.6) is 0 Å². The van der Waals surface area contributed by atoms with Gasteiger partial charge in [-0.15, -0.1) is 0 Å². The first kappa shape index (κ1) is 31.5. The van der Waals surface area contributed by atoms with Crippen molar-refractivity contribution < 1.29 is 33.8 Å². The van der Waals surface area contributed by atoms with Crippen LogP contribution in [0.3, 0.4) is 0 Å². The van der Waals surface area contributed by atoms with E-state index in [0.717, 1.165) is 38.5 Å². The highest BCUT2D eigenvalue weighted by atomic mass is 16.6. The number of nitrogens with two attached hydrogens (primary N) is 1. The van der Waals surface area contributed by atoms with E-state index in [1.54, 1.807) is 0 Å². The van der Waals surface area contributed by atoms with Crippen LogP contribution in [0.2, 0.25) is 0 Å². The lowest BCUT2D eigenvalue weighted by Crippen LogP contribution is -2.37. The molecule has 2 aliphatic carbocycles. The Morgan fingerprint density at radius 3 is 1.31 bits per heavy atom. The van der Waals surface area contributed by atoms with Gasteiger partial charge in [-0.1, -0.05) is 0 Å². The third kappa shape index (κ3) is 14.1. The van der Waals surface area contributed by atoms with Crippen LogP contribution in [0.4, 0.5) is 9.59 Å². The average Bonchev–Trinajstić information content (AvgIpc) is 2.75. The quantitative estimate of drug-likeness (QED) is 0.414. The third-order valence-corrected chi connectivity index (χ3v) is 6.31. The largest absolute Gasteiger partial charge is 0.481 e. The number of nitrogens with one attached hydrogen (secondary N) is 2. The number of hydrogen-bond donors (Lipinski definition) is 4. The molecule has 208 valence electrons. The van der Waals surface area contributed by atoms with Crippen molar-refractivity contribution in [2.24, 2.45) is 29.4 Å². The molecule has 10 nitrogen and oxygen atoms in total. The van der Waals surface area contributed by atoms with Crippen molar-refractivity contribution in [3.63, 3.8) is 0 Å². The highest BCUT2D eigenvalue weighted by molar-refractivity contribution is 5.76. The molecule has 0 heterocycles. The van der Waals surface area contributed by atoms with Gasteiger partial charge in [-0.25, -0.2) is 9.59 Å². The molecule has 0 aliphatic heterocycles. The Kier molecular flexibility index (Phi) is 12.5. The van der Waals surface area contributed by atoms with E-state index in [4.69, 9.17) is 20.3 Å². The summed E-state index contributed by atoms with van der Waals surface area (Å²) in [6.45, 7) is 12.2. The van der Waals surface area contributed by atoms with E-state index in [1.165, 1.54) is 0 Å². The summed E-state index contributed by atoms with van der Waals surface area (Å²) in [5.41, 5.74) is 4.33. The highest BCUT2D eigenvalue weighted by Gasteiger charge is 2.27. The second-order valence-corrected chi connectivity index (χ2v) is 11.9. The van der Waals surface area contributed by atoms with E-state index in [1.807, 2.05) is 41.5 Å². The summed E-state index contributed by atoms with van der Waals surface area (Å²) in [6, 6.07) is 0. The van der Waals surface area contributed by atoms with Crippen molar-refractivity contribution in [2.75, 3.05) is 13.1 Å². The molecule has 0 aromatic rings. The summed E-state index contributed by atoms with van der Waals surface area (Å²) in [5.74, 6) is -0.297. The molecule has 0 aromatic heterocycles. The van der Waals surface area contributed by atoms with Gasteiger partial charge < -0.3 is 30.9 Å². The number of amides is 3. The van der Waals surface area contributed by atoms with Crippen molar-refractivity contribution in [1.29, 1.82) is 0 Å². The molecule has 36 heavy (non-hydrogen) atoms. The number of hydrogen-bond acceptors (Lipinski definition) is 6. The van der Waals surface area contributed by atoms with Gasteiger partial charge in [0, 0.05) is 19.0 Å². The summed E-state index contributed by atoms with van der Waals surface area (Å²) in [6.07, 6.45) is 5.87. The van der Waals surface area contributed by atoms with E-state index in [9.17, 15) is 19.2 Å². The average molecular weight is 514 g/mol. The van der Waals surface area contributed by atoms with Gasteiger partial charge in [0.05, 0.1) is 5.92 Å². The maximum atomic E-state index is 11.5. The molecule has 3 amide bonds. The van der Waals surface area contributed by atoms with Gasteiger partial charge in [0.15, 0.2) is 0 Å². The van der Waals surface area contributed by atoms with Crippen LogP contribution >= 0.6 is 0 Å². The number of primary amides is 1. The van der Waals surface area contributed by atoms with Gasteiger partial charge in [0.1, 0.15) is 11.2 Å². The zero-order chi connectivity index (χ0) is 27.5. The first-order chi connectivity index (χ1) is 16.6. The molecule has 0 radical (unpaired) electrons. The zero-order valence-corrected chi connectivity index (χ0v) is 22.9. The van der Waals surface area contributed by atoms with E-state index in [2.05, 4.69) is 10.6 Å². The number of carbonyl (C=O) groups excluding carboxylic acids is 3. The standard InChI is InChI=1S/C13H24N2O3.C13H23NO4/c1-13(2,3)18-12(17)15-8-9-4-6-10(7-5-9)11(14)16;1-13(2,3)18-12(17)14-8-9-4-6-10(7-5-9)11(15)16/h9-10H,4-8H2,1-3H3,(H2,14,16)(H,15,17);9-10H,4-8H2,1-3H3,(H,14,17)(H,15,16). The van der Waals surface area contributed by atoms with E-state index < -0.39 is 23.3 Å². The number of carboxylic acids is 1. The predicted octanol–water partition coefficient (Wildman–Crippen LogP) is 4.20. The summed E-state index contributed by atoms with van der Waals surface area (Å²) >= 11 is 0. The molecule has 2 aliphatic rings. The fourth-order valence-corrected chi connectivity index (χ4v) is 4.35. The van der Waals surface area contributed by atoms with Crippen LogP contribution in [-0.2, 0) is 19.1 Å². The normalized spacial score (nSPS) is 24.4. The van der Waals surface area contributed by atoms with Gasteiger partial charge >= 0.3 is 18.2 Å². The molecule has 0 unspecified atom stereocenters. The number of alkyl carbamates (subject to hydrolysis) is 2. The number of aliphatic carboxylic acids is 1. The van der Waals surface area contributed by atoms with Gasteiger partial charge in [0.25, 0.3) is 0 Å². The maximum absolute atomic E-state index is 11.5. The third-order valence-electron chi connectivity index (χ3n) is 6.31. The number of ether oxygens (including phenoxy) is 2. The van der Waals surface area contributed by atoms with Gasteiger partial charge in [-0.05, 0) is 105 Å². The minimum atomic E-state index is -0.700. The molecule has 2 fully saturated rings. The summed E-state index contributed by atoms with van der Waals surface area (Å²) in [7, 11) is 0. The molecule has 2 saturated carbocycles. The Labute approximate surface area is 215 Å². The Hall–Kier alpha value is -2.52. The van der Waals surface area contributed by atoms with Crippen molar-refractivity contribution >= 4 is 24.1 Å². The molecule has 0 atom stereocenters. The summed E-state index contributed by atoms with van der Waals surface area (Å²) in [5, 5.41) is 14.4. The van der Waals surface area contributed by atoms with Crippen molar-refractivity contribution in [3.8, 4) is 0 Å². The lowest BCUT2D eigenvalue weighted by atomic mass is 9.82. The van der Waals surface area contributed by atoms with Crippen LogP contribution in [0, 0.1) is 23.7 Å². The fraction of sp³-hybridized carbons (Fsp3) is 0.846. The van der Waals surface area contributed by atoms with Gasteiger partial charge in [-0.2, -0.15) is 0 Å². The minimum Gasteiger partial charge on any atom is -0.481 e. The van der Waals surface area contributed by atoms with Crippen molar-refractivity contribution in [1.82, 2.24) is 10.6 Å². The number of carboxylic acid groups (broad SMARTS) is 1. The molecule has 5 N–H and O–H groups in total. The van der Waals surface area contributed by atoms with Crippen molar-refractivity contribution in [3.05, 3.63) is 0 Å². The predicted molar refractivity (Wildman–Crippen MR) is 136 cm³/mol. The topological polar surface area (TPSA) is 157 Å². The van der Waals surface area contributed by atoms with Crippen LogP contribution in [-0.4, -0.2) is 53.5 Å². The first-order valence-corrected chi connectivity index (χ1v) is 13.0. The second-order valence-electron chi connectivity index (χ2n) is 11.9. The van der Waals surface area contributed by atoms with Gasteiger partial charge in [0.2, 0.25) is 5.91 Å². The Bertz CT molecular complexity index is 665. The monoisotopic (exact) mass is 513 g/mol. The van der Waals surface area contributed by atoms with Crippen molar-refractivity contribution in [2.45, 2.75) is 104 Å². The number of rotatable bonds is 6. The first-order valence-electron chi connectivity index (χ1n) is 13.0. The summed E-state index contributed by atoms with van der Waals surface area (Å²) in [4.78, 5) is 44.7. The molecule has 10 heteroatoms. The number of carbonyl (C=O) groups is 4. The highest BCUT2D eigenvalue weighted by Crippen LogP contribution is 2.29. The lowest BCUT2D eigenvalue weighted by Gasteiger charge is -2.27. The van der Waals surface area contributed by atoms with E-state index >= 15 is 0 Å². The zero-order valence-electron chi connectivity index (χ0n) is 22.9. The molecular formula is C26H47N3O7. The molecule has 0 spiro atoms. The smallest absolute Gasteiger partial charge is 0.407 e. The molecule has 0 aromatic carbocycles. The Balaban J connectivity index is 0.000000360. The molecular weight excluding hydrogens is 466 g/mol. The van der Waals surface area contributed by atoms with E-state index in [-0.39, 0.29) is 23.8 Å².